The number of nitrogens with zero attached hydrogens (tertiary/aromatic N) is 2. The van der Waals surface area contributed by atoms with E-state index in [2.05, 4.69) is 9.97 Å². The van der Waals surface area contributed by atoms with E-state index in [0.29, 0.717) is 15.6 Å². The zero-order chi connectivity index (χ0) is 11.7. The van der Waals surface area contributed by atoms with E-state index < -0.39 is 5.82 Å². The van der Waals surface area contributed by atoms with E-state index in [4.69, 9.17) is 28.9 Å². The minimum Gasteiger partial charge on any atom is -0.381 e. The van der Waals surface area contributed by atoms with Crippen LogP contribution in [0.25, 0.3) is 11.3 Å². The topological polar surface area (TPSA) is 51.8 Å². The van der Waals surface area contributed by atoms with E-state index in [1.165, 1.54) is 12.4 Å². The molecule has 82 valence electrons. The van der Waals surface area contributed by atoms with E-state index in [1.54, 1.807) is 12.1 Å². The van der Waals surface area contributed by atoms with Crippen molar-refractivity contribution in [2.75, 3.05) is 5.73 Å². The van der Waals surface area contributed by atoms with E-state index in [9.17, 15) is 4.39 Å². The second-order valence-electron chi connectivity index (χ2n) is 3.05. The van der Waals surface area contributed by atoms with Gasteiger partial charge >= 0.3 is 0 Å². The van der Waals surface area contributed by atoms with Gasteiger partial charge in [0.15, 0.2) is 11.6 Å². The summed E-state index contributed by atoms with van der Waals surface area (Å²) in [5.74, 6) is -0.923. The Hall–Kier alpha value is -1.39. The Balaban J connectivity index is 2.67. The second kappa shape index (κ2) is 4.23. The summed E-state index contributed by atoms with van der Waals surface area (Å²) in [6, 6.07) is 4.70. The molecule has 0 aliphatic carbocycles. The van der Waals surface area contributed by atoms with Gasteiger partial charge in [-0.15, -0.1) is 0 Å². The van der Waals surface area contributed by atoms with Crippen molar-refractivity contribution in [2.24, 2.45) is 0 Å². The maximum absolute atomic E-state index is 13.6. The lowest BCUT2D eigenvalue weighted by atomic mass is 10.1. The van der Waals surface area contributed by atoms with Crippen LogP contribution in [0.3, 0.4) is 0 Å². The summed E-state index contributed by atoms with van der Waals surface area (Å²) in [5.41, 5.74) is 5.78. The van der Waals surface area contributed by atoms with Gasteiger partial charge in [-0.25, -0.2) is 14.4 Å². The third-order valence-corrected chi connectivity index (χ3v) is 2.56. The molecule has 0 atom stereocenters. The van der Waals surface area contributed by atoms with Crippen molar-refractivity contribution in [3.05, 3.63) is 40.4 Å². The van der Waals surface area contributed by atoms with E-state index in [1.807, 2.05) is 0 Å². The summed E-state index contributed by atoms with van der Waals surface area (Å²) in [6.45, 7) is 0. The molecule has 1 aromatic heterocycles. The van der Waals surface area contributed by atoms with E-state index in [0.717, 1.165) is 0 Å². The Kier molecular flexibility index (Phi) is 2.94. The van der Waals surface area contributed by atoms with Crippen molar-refractivity contribution in [2.45, 2.75) is 0 Å². The van der Waals surface area contributed by atoms with E-state index in [-0.39, 0.29) is 11.5 Å². The molecule has 3 nitrogen and oxygen atoms in total. The lowest BCUT2D eigenvalue weighted by molar-refractivity contribution is 0.624. The minimum absolute atomic E-state index is 0.0417. The van der Waals surface area contributed by atoms with Gasteiger partial charge in [0.2, 0.25) is 0 Å². The van der Waals surface area contributed by atoms with Gasteiger partial charge in [0.05, 0.1) is 5.02 Å². The Morgan fingerprint density at radius 2 is 1.94 bits per heavy atom. The maximum atomic E-state index is 13.6. The summed E-state index contributed by atoms with van der Waals surface area (Å²) in [7, 11) is 0. The third-order valence-electron chi connectivity index (χ3n) is 2.00. The molecule has 0 bridgehead atoms. The molecule has 6 heteroatoms. The van der Waals surface area contributed by atoms with Crippen molar-refractivity contribution >= 4 is 29.0 Å². The van der Waals surface area contributed by atoms with Gasteiger partial charge in [0, 0.05) is 10.6 Å². The first-order chi connectivity index (χ1) is 7.59. The zero-order valence-corrected chi connectivity index (χ0v) is 9.43. The Morgan fingerprint density at radius 1 is 1.19 bits per heavy atom. The summed E-state index contributed by atoms with van der Waals surface area (Å²) >= 11 is 11.7. The Bertz CT molecular complexity index is 546. The number of nitrogen functional groups attached to an aromatic ring is 1. The fourth-order valence-corrected chi connectivity index (χ4v) is 1.63. The molecule has 0 saturated carbocycles. The molecule has 1 aromatic carbocycles. The Morgan fingerprint density at radius 3 is 2.69 bits per heavy atom. The molecule has 2 aromatic rings. The summed E-state index contributed by atoms with van der Waals surface area (Å²) < 4.78 is 13.6. The number of benzene rings is 1. The van der Waals surface area contributed by atoms with Crippen molar-refractivity contribution in [1.82, 2.24) is 9.97 Å². The molecule has 0 radical (unpaired) electrons. The number of aromatic nitrogens is 2. The molecule has 0 aliphatic heterocycles. The molecule has 2 rings (SSSR count). The number of anilines is 1. The van der Waals surface area contributed by atoms with Crippen LogP contribution in [0, 0.1) is 5.82 Å². The molecule has 2 N–H and O–H groups in total. The average Bonchev–Trinajstić information content (AvgIpc) is 2.26. The van der Waals surface area contributed by atoms with Gasteiger partial charge < -0.3 is 5.73 Å². The molecule has 1 heterocycles. The molecular weight excluding hydrogens is 252 g/mol. The van der Waals surface area contributed by atoms with Crippen LogP contribution in [0.15, 0.2) is 24.5 Å². The van der Waals surface area contributed by atoms with Crippen LogP contribution in [-0.4, -0.2) is 9.97 Å². The summed E-state index contributed by atoms with van der Waals surface area (Å²) in [5, 5.41) is 0.789. The van der Waals surface area contributed by atoms with Crippen LogP contribution in [-0.2, 0) is 0 Å². The molecule has 0 saturated heterocycles. The van der Waals surface area contributed by atoms with Crippen LogP contribution in [0.2, 0.25) is 10.0 Å². The van der Waals surface area contributed by atoms with Crippen molar-refractivity contribution in [1.29, 1.82) is 0 Å². The molecule has 0 spiro atoms. The minimum atomic E-state index is -0.702. The predicted octanol–water partition coefficient (Wildman–Crippen LogP) is 3.17. The smallest absolute Gasteiger partial charge is 0.191 e. The third kappa shape index (κ3) is 1.94. The van der Waals surface area contributed by atoms with Gasteiger partial charge in [-0.2, -0.15) is 0 Å². The van der Waals surface area contributed by atoms with Crippen molar-refractivity contribution < 1.29 is 4.39 Å². The van der Waals surface area contributed by atoms with Gasteiger partial charge in [0.1, 0.15) is 12.0 Å². The maximum Gasteiger partial charge on any atom is 0.191 e. The highest BCUT2D eigenvalue weighted by Gasteiger charge is 2.13. The monoisotopic (exact) mass is 257 g/mol. The van der Waals surface area contributed by atoms with Crippen LogP contribution in [0.5, 0.6) is 0 Å². The first-order valence-corrected chi connectivity index (χ1v) is 5.06. The molecular formula is C10H6Cl2FN3. The number of halogens is 3. The number of nitrogens with two attached hydrogens (primary N) is 1. The molecule has 0 unspecified atom stereocenters. The van der Waals surface area contributed by atoms with Gasteiger partial charge in [0.25, 0.3) is 0 Å². The number of hydrogen-bond donors (Lipinski definition) is 1. The lowest BCUT2D eigenvalue weighted by Crippen LogP contribution is -1.99. The largest absolute Gasteiger partial charge is 0.381 e. The number of rotatable bonds is 1. The van der Waals surface area contributed by atoms with Gasteiger partial charge in [-0.1, -0.05) is 23.2 Å². The second-order valence-corrected chi connectivity index (χ2v) is 3.89. The Labute approximate surface area is 101 Å². The fraction of sp³-hybridized carbons (Fsp3) is 0. The van der Waals surface area contributed by atoms with Crippen molar-refractivity contribution in [3.8, 4) is 11.3 Å². The normalized spacial score (nSPS) is 10.4. The summed E-state index contributed by atoms with van der Waals surface area (Å²) in [6.07, 6.45) is 1.17. The standard InChI is InChI=1S/C10H6Cl2FN3/c11-5-1-2-7(12)6(3-5)9-8(13)10(14)16-4-15-9/h1-4H,(H2,14,15,16). The predicted molar refractivity (Wildman–Crippen MR) is 61.9 cm³/mol. The van der Waals surface area contributed by atoms with Crippen LogP contribution < -0.4 is 5.73 Å². The van der Waals surface area contributed by atoms with Crippen LogP contribution in [0.4, 0.5) is 10.2 Å². The van der Waals surface area contributed by atoms with Crippen molar-refractivity contribution in [3.63, 3.8) is 0 Å². The highest BCUT2D eigenvalue weighted by Crippen LogP contribution is 2.31. The molecule has 0 aliphatic rings. The molecule has 0 amide bonds. The molecule has 16 heavy (non-hydrogen) atoms. The highest BCUT2D eigenvalue weighted by atomic mass is 35.5. The average molecular weight is 258 g/mol. The zero-order valence-electron chi connectivity index (χ0n) is 7.92. The van der Waals surface area contributed by atoms with Crippen LogP contribution >= 0.6 is 23.2 Å². The van der Waals surface area contributed by atoms with Gasteiger partial charge in [-0.05, 0) is 18.2 Å². The first kappa shape index (κ1) is 11.1. The lowest BCUT2D eigenvalue weighted by Gasteiger charge is -2.06. The highest BCUT2D eigenvalue weighted by molar-refractivity contribution is 6.35. The quantitative estimate of drug-likeness (QED) is 0.854. The van der Waals surface area contributed by atoms with E-state index >= 15 is 0 Å². The number of hydrogen-bond acceptors (Lipinski definition) is 3. The van der Waals surface area contributed by atoms with Crippen LogP contribution in [0.1, 0.15) is 0 Å². The molecule has 0 fully saturated rings. The first-order valence-electron chi connectivity index (χ1n) is 4.31. The summed E-state index contributed by atoms with van der Waals surface area (Å²) in [4.78, 5) is 7.33. The van der Waals surface area contributed by atoms with Gasteiger partial charge in [-0.3, -0.25) is 0 Å². The fourth-order valence-electron chi connectivity index (χ4n) is 1.25. The SMILES string of the molecule is Nc1ncnc(-c2cc(Cl)ccc2Cl)c1F.